The molecule has 0 aliphatic heterocycles. The number of hydrogen-bond donors (Lipinski definition) is 0. The number of benzene rings is 1. The lowest BCUT2D eigenvalue weighted by molar-refractivity contribution is 0.0775. The molecule has 0 aliphatic carbocycles. The van der Waals surface area contributed by atoms with Crippen LogP contribution in [0.1, 0.15) is 13.8 Å². The van der Waals surface area contributed by atoms with Gasteiger partial charge in [0.2, 0.25) is 0 Å². The van der Waals surface area contributed by atoms with E-state index in [4.69, 9.17) is 4.74 Å². The summed E-state index contributed by atoms with van der Waals surface area (Å²) < 4.78 is 6.97. The lowest BCUT2D eigenvalue weighted by Crippen LogP contribution is -2.39. The summed E-state index contributed by atoms with van der Waals surface area (Å²) >= 11 is 3.40. The van der Waals surface area contributed by atoms with Crippen LogP contribution in [0.3, 0.4) is 0 Å². The van der Waals surface area contributed by atoms with Gasteiger partial charge in [-0.2, -0.15) is 0 Å². The lowest BCUT2D eigenvalue weighted by atomic mass is 10.1. The molecule has 0 amide bonds. The highest BCUT2D eigenvalue weighted by atomic mass is 79.9. The smallest absolute Gasteiger partial charge is 0.120 e. The number of halogens is 1. The molecule has 0 aliphatic rings. The SMILES string of the molecule is CN(C)CC(C)(C)Oc1ccc(Br)cc1. The van der Waals surface area contributed by atoms with Crippen molar-refractivity contribution in [3.63, 3.8) is 0 Å². The van der Waals surface area contributed by atoms with E-state index in [1.807, 2.05) is 38.4 Å². The van der Waals surface area contributed by atoms with E-state index in [-0.39, 0.29) is 5.60 Å². The number of rotatable bonds is 4. The maximum Gasteiger partial charge on any atom is 0.120 e. The van der Waals surface area contributed by atoms with Gasteiger partial charge in [0.25, 0.3) is 0 Å². The van der Waals surface area contributed by atoms with E-state index >= 15 is 0 Å². The van der Waals surface area contributed by atoms with Crippen LogP contribution in [0.25, 0.3) is 0 Å². The van der Waals surface area contributed by atoms with Gasteiger partial charge in [0.1, 0.15) is 11.4 Å². The average Bonchev–Trinajstić information content (AvgIpc) is 2.06. The van der Waals surface area contributed by atoms with Crippen molar-refractivity contribution in [3.05, 3.63) is 28.7 Å². The molecule has 0 unspecified atom stereocenters. The van der Waals surface area contributed by atoms with Gasteiger partial charge in [0.15, 0.2) is 0 Å². The van der Waals surface area contributed by atoms with Crippen LogP contribution in [0, 0.1) is 0 Å². The highest BCUT2D eigenvalue weighted by Crippen LogP contribution is 2.21. The molecule has 1 aromatic carbocycles. The van der Waals surface area contributed by atoms with Crippen molar-refractivity contribution in [2.75, 3.05) is 20.6 Å². The van der Waals surface area contributed by atoms with Crippen molar-refractivity contribution in [2.24, 2.45) is 0 Å². The van der Waals surface area contributed by atoms with E-state index in [1.165, 1.54) is 0 Å². The van der Waals surface area contributed by atoms with Crippen LogP contribution in [0.5, 0.6) is 5.75 Å². The van der Waals surface area contributed by atoms with Crippen molar-refractivity contribution < 1.29 is 4.74 Å². The van der Waals surface area contributed by atoms with Crippen LogP contribution in [-0.4, -0.2) is 31.1 Å². The van der Waals surface area contributed by atoms with Gasteiger partial charge in [-0.1, -0.05) is 15.9 Å². The molecule has 15 heavy (non-hydrogen) atoms. The van der Waals surface area contributed by atoms with Gasteiger partial charge in [-0.25, -0.2) is 0 Å². The molecule has 2 nitrogen and oxygen atoms in total. The average molecular weight is 272 g/mol. The standard InChI is InChI=1S/C12H18BrNO/c1-12(2,9-14(3)4)15-11-7-5-10(13)6-8-11/h5-8H,9H2,1-4H3. The zero-order chi connectivity index (χ0) is 11.5. The molecular formula is C12H18BrNO. The molecule has 0 spiro atoms. The monoisotopic (exact) mass is 271 g/mol. The van der Waals surface area contributed by atoms with Crippen molar-refractivity contribution in [3.8, 4) is 5.75 Å². The maximum atomic E-state index is 5.91. The third kappa shape index (κ3) is 4.67. The molecule has 0 radical (unpaired) electrons. The largest absolute Gasteiger partial charge is 0.487 e. The highest BCUT2D eigenvalue weighted by Gasteiger charge is 2.20. The van der Waals surface area contributed by atoms with Crippen molar-refractivity contribution in [2.45, 2.75) is 19.4 Å². The van der Waals surface area contributed by atoms with Crippen LogP contribution in [0.2, 0.25) is 0 Å². The van der Waals surface area contributed by atoms with E-state index in [9.17, 15) is 0 Å². The van der Waals surface area contributed by atoms with Crippen LogP contribution >= 0.6 is 15.9 Å². The highest BCUT2D eigenvalue weighted by molar-refractivity contribution is 9.10. The Morgan fingerprint density at radius 2 is 1.73 bits per heavy atom. The summed E-state index contributed by atoms with van der Waals surface area (Å²) in [5.41, 5.74) is -0.169. The zero-order valence-corrected chi connectivity index (χ0v) is 11.3. The molecule has 0 aromatic heterocycles. The fourth-order valence-electron chi connectivity index (χ4n) is 1.62. The van der Waals surface area contributed by atoms with E-state index in [0.29, 0.717) is 0 Å². The normalized spacial score (nSPS) is 11.9. The van der Waals surface area contributed by atoms with Crippen molar-refractivity contribution in [1.29, 1.82) is 0 Å². The fraction of sp³-hybridized carbons (Fsp3) is 0.500. The first-order chi connectivity index (χ1) is 6.89. The molecule has 3 heteroatoms. The van der Waals surface area contributed by atoms with Crippen molar-refractivity contribution >= 4 is 15.9 Å². The Kier molecular flexibility index (Phi) is 4.17. The molecular weight excluding hydrogens is 254 g/mol. The lowest BCUT2D eigenvalue weighted by Gasteiger charge is -2.29. The number of ether oxygens (including phenoxy) is 1. The Morgan fingerprint density at radius 3 is 2.20 bits per heavy atom. The second-order valence-electron chi connectivity index (χ2n) is 4.55. The fourth-order valence-corrected chi connectivity index (χ4v) is 1.88. The van der Waals surface area contributed by atoms with Gasteiger partial charge >= 0.3 is 0 Å². The molecule has 0 saturated heterocycles. The Hall–Kier alpha value is -0.540. The van der Waals surface area contributed by atoms with Gasteiger partial charge in [-0.05, 0) is 52.2 Å². The summed E-state index contributed by atoms with van der Waals surface area (Å²) in [6, 6.07) is 7.92. The number of nitrogens with zero attached hydrogens (tertiary/aromatic N) is 1. The molecule has 1 aromatic rings. The third-order valence-corrected chi connectivity index (χ3v) is 2.43. The molecule has 0 atom stereocenters. The molecule has 84 valence electrons. The zero-order valence-electron chi connectivity index (χ0n) is 9.75. The first-order valence-corrected chi connectivity index (χ1v) is 5.78. The van der Waals surface area contributed by atoms with Crippen LogP contribution in [-0.2, 0) is 0 Å². The minimum Gasteiger partial charge on any atom is -0.487 e. The van der Waals surface area contributed by atoms with Gasteiger partial charge in [0.05, 0.1) is 0 Å². The predicted molar refractivity (Wildman–Crippen MR) is 67.4 cm³/mol. The van der Waals surface area contributed by atoms with Crippen LogP contribution in [0.15, 0.2) is 28.7 Å². The number of hydrogen-bond acceptors (Lipinski definition) is 2. The van der Waals surface area contributed by atoms with Gasteiger partial charge in [-0.3, -0.25) is 0 Å². The van der Waals surface area contributed by atoms with Gasteiger partial charge in [0, 0.05) is 11.0 Å². The third-order valence-electron chi connectivity index (χ3n) is 1.90. The Balaban J connectivity index is 2.64. The first kappa shape index (κ1) is 12.5. The summed E-state index contributed by atoms with van der Waals surface area (Å²) in [5.74, 6) is 0.907. The van der Waals surface area contributed by atoms with E-state index in [0.717, 1.165) is 16.8 Å². The molecule has 0 N–H and O–H groups in total. The number of likely N-dealkylation sites (N-methyl/N-ethyl adjacent to an activating group) is 1. The van der Waals surface area contributed by atoms with Gasteiger partial charge < -0.3 is 9.64 Å². The minimum absolute atomic E-state index is 0.169. The predicted octanol–water partition coefficient (Wildman–Crippen LogP) is 3.17. The molecule has 0 heterocycles. The Bertz CT molecular complexity index is 306. The van der Waals surface area contributed by atoms with E-state index < -0.39 is 0 Å². The van der Waals surface area contributed by atoms with Crippen LogP contribution in [0.4, 0.5) is 0 Å². The van der Waals surface area contributed by atoms with E-state index in [1.54, 1.807) is 0 Å². The van der Waals surface area contributed by atoms with Gasteiger partial charge in [-0.15, -0.1) is 0 Å². The maximum absolute atomic E-state index is 5.91. The Morgan fingerprint density at radius 1 is 1.20 bits per heavy atom. The summed E-state index contributed by atoms with van der Waals surface area (Å²) in [4.78, 5) is 2.12. The topological polar surface area (TPSA) is 12.5 Å². The quantitative estimate of drug-likeness (QED) is 0.834. The second-order valence-corrected chi connectivity index (χ2v) is 5.47. The van der Waals surface area contributed by atoms with Crippen molar-refractivity contribution in [1.82, 2.24) is 4.90 Å². The van der Waals surface area contributed by atoms with E-state index in [2.05, 4.69) is 34.7 Å². The minimum atomic E-state index is -0.169. The summed E-state index contributed by atoms with van der Waals surface area (Å²) in [6.45, 7) is 5.08. The molecule has 0 bridgehead atoms. The first-order valence-electron chi connectivity index (χ1n) is 4.98. The summed E-state index contributed by atoms with van der Waals surface area (Å²) in [5, 5.41) is 0. The molecule has 1 rings (SSSR count). The molecule has 0 saturated carbocycles. The summed E-state index contributed by atoms with van der Waals surface area (Å²) in [7, 11) is 4.10. The summed E-state index contributed by atoms with van der Waals surface area (Å²) in [6.07, 6.45) is 0. The molecule has 0 fully saturated rings. The second kappa shape index (κ2) is 4.99. The van der Waals surface area contributed by atoms with Crippen LogP contribution < -0.4 is 4.74 Å². The Labute approximate surface area is 100 Å².